The minimum Gasteiger partial charge on any atom is -0.506 e. The molecule has 0 aliphatic rings. The quantitative estimate of drug-likeness (QED) is 0.231. The van der Waals surface area contributed by atoms with Crippen molar-refractivity contribution in [2.75, 3.05) is 12.4 Å². The van der Waals surface area contributed by atoms with Crippen LogP contribution < -0.4 is 14.8 Å². The first-order valence-electron chi connectivity index (χ1n) is 11.2. The number of phenolic OH excluding ortho intramolecular Hbond substituents is 1. The van der Waals surface area contributed by atoms with Gasteiger partial charge >= 0.3 is 0 Å². The summed E-state index contributed by atoms with van der Waals surface area (Å²) in [6.45, 7) is 0.703. The smallest absolute Gasteiger partial charge is 0.252 e. The average Bonchev–Trinajstić information content (AvgIpc) is 3.37. The van der Waals surface area contributed by atoms with Gasteiger partial charge in [0.15, 0.2) is 18.1 Å². The summed E-state index contributed by atoms with van der Waals surface area (Å²) in [5.41, 5.74) is 2.34. The zero-order chi connectivity index (χ0) is 25.6. The summed E-state index contributed by atoms with van der Waals surface area (Å²) in [4.78, 5) is 13.0. The molecule has 2 aromatic heterocycles. The molecule has 5 rings (SSSR count). The molecule has 0 atom stereocenters. The number of aromatic hydroxyl groups is 1. The SMILES string of the molecule is COc1cc2c(Nc3ccc(O)c(Cl)c3)ncnc2cc1OCc1noc(COCc2ccccc2)n1. The van der Waals surface area contributed by atoms with Gasteiger partial charge in [0.25, 0.3) is 5.89 Å². The molecule has 5 aromatic rings. The second-order valence-corrected chi connectivity index (χ2v) is 8.31. The van der Waals surface area contributed by atoms with Crippen molar-refractivity contribution >= 4 is 34.0 Å². The van der Waals surface area contributed by atoms with Crippen LogP contribution in [0.15, 0.2) is 71.5 Å². The van der Waals surface area contributed by atoms with E-state index in [0.29, 0.717) is 52.2 Å². The average molecular weight is 520 g/mol. The fourth-order valence-electron chi connectivity index (χ4n) is 3.54. The molecule has 0 bridgehead atoms. The van der Waals surface area contributed by atoms with Crippen molar-refractivity contribution in [1.29, 1.82) is 0 Å². The molecule has 0 aliphatic heterocycles. The second-order valence-electron chi connectivity index (χ2n) is 7.91. The molecule has 0 amide bonds. The fourth-order valence-corrected chi connectivity index (χ4v) is 3.72. The van der Waals surface area contributed by atoms with E-state index in [1.165, 1.54) is 12.4 Å². The van der Waals surface area contributed by atoms with Crippen molar-refractivity contribution in [3.8, 4) is 17.2 Å². The number of ether oxygens (including phenoxy) is 3. The van der Waals surface area contributed by atoms with Crippen LogP contribution >= 0.6 is 11.6 Å². The summed E-state index contributed by atoms with van der Waals surface area (Å²) in [7, 11) is 1.54. The molecule has 0 aliphatic carbocycles. The third kappa shape index (κ3) is 5.88. The Bertz CT molecular complexity index is 1510. The number of hydrogen-bond donors (Lipinski definition) is 2. The van der Waals surface area contributed by atoms with Crippen LogP contribution in [0.3, 0.4) is 0 Å². The molecule has 11 heteroatoms. The largest absolute Gasteiger partial charge is 0.506 e. The standard InChI is InChI=1S/C26H22ClN5O5/c1-34-22-10-18-20(28-15-29-26(18)30-17-7-8-21(33)19(27)9-17)11-23(22)36-13-24-31-25(37-32-24)14-35-12-16-5-3-2-4-6-16/h2-11,15,33H,12-14H2,1H3,(H,28,29,30). The zero-order valence-corrected chi connectivity index (χ0v) is 20.5. The van der Waals surface area contributed by atoms with Gasteiger partial charge < -0.3 is 29.2 Å². The molecule has 2 N–H and O–H groups in total. The molecule has 188 valence electrons. The lowest BCUT2D eigenvalue weighted by atomic mass is 10.2. The van der Waals surface area contributed by atoms with E-state index in [1.807, 2.05) is 30.3 Å². The summed E-state index contributed by atoms with van der Waals surface area (Å²) in [5, 5.41) is 17.7. The number of phenols is 1. The number of nitrogens with one attached hydrogen (secondary N) is 1. The van der Waals surface area contributed by atoms with Gasteiger partial charge in [0, 0.05) is 17.1 Å². The maximum Gasteiger partial charge on any atom is 0.252 e. The molecule has 0 unspecified atom stereocenters. The first kappa shape index (κ1) is 24.3. The van der Waals surface area contributed by atoms with E-state index in [2.05, 4.69) is 25.4 Å². The van der Waals surface area contributed by atoms with E-state index < -0.39 is 0 Å². The molecule has 0 spiro atoms. The Labute approximate surface area is 216 Å². The lowest BCUT2D eigenvalue weighted by molar-refractivity contribution is 0.0850. The van der Waals surface area contributed by atoms with Gasteiger partial charge in [-0.3, -0.25) is 0 Å². The van der Waals surface area contributed by atoms with Crippen molar-refractivity contribution < 1.29 is 23.8 Å². The van der Waals surface area contributed by atoms with Crippen molar-refractivity contribution in [3.63, 3.8) is 0 Å². The van der Waals surface area contributed by atoms with Gasteiger partial charge in [-0.2, -0.15) is 4.98 Å². The predicted octanol–water partition coefficient (Wildman–Crippen LogP) is 5.42. The fraction of sp³-hybridized carbons (Fsp3) is 0.154. The van der Waals surface area contributed by atoms with Gasteiger partial charge in [0.1, 0.15) is 24.5 Å². The molecule has 0 saturated carbocycles. The number of hydrogen-bond acceptors (Lipinski definition) is 10. The highest BCUT2D eigenvalue weighted by Crippen LogP contribution is 2.36. The zero-order valence-electron chi connectivity index (χ0n) is 19.7. The van der Waals surface area contributed by atoms with Gasteiger partial charge in [-0.1, -0.05) is 47.1 Å². The van der Waals surface area contributed by atoms with Crippen LogP contribution in [0.2, 0.25) is 5.02 Å². The number of fused-ring (bicyclic) bond motifs is 1. The van der Waals surface area contributed by atoms with E-state index in [1.54, 1.807) is 31.4 Å². The van der Waals surface area contributed by atoms with Crippen LogP contribution in [0.1, 0.15) is 17.3 Å². The number of halogens is 1. The molecular weight excluding hydrogens is 498 g/mol. The molecule has 10 nitrogen and oxygen atoms in total. The Morgan fingerprint density at radius 1 is 0.973 bits per heavy atom. The van der Waals surface area contributed by atoms with Crippen LogP contribution in [0, 0.1) is 0 Å². The minimum absolute atomic E-state index is 0.00310. The van der Waals surface area contributed by atoms with Gasteiger partial charge in [-0.25, -0.2) is 9.97 Å². The van der Waals surface area contributed by atoms with Crippen LogP contribution in [-0.2, 0) is 24.6 Å². The second kappa shape index (κ2) is 11.1. The Morgan fingerprint density at radius 3 is 2.65 bits per heavy atom. The van der Waals surface area contributed by atoms with Crippen molar-refractivity contribution in [2.45, 2.75) is 19.8 Å². The van der Waals surface area contributed by atoms with Gasteiger partial charge in [-0.15, -0.1) is 0 Å². The summed E-state index contributed by atoms with van der Waals surface area (Å²) in [5.74, 6) is 2.20. The van der Waals surface area contributed by atoms with Gasteiger partial charge in [0.2, 0.25) is 5.82 Å². The summed E-state index contributed by atoms with van der Waals surface area (Å²) in [6.07, 6.45) is 1.43. The molecule has 0 radical (unpaired) electrons. The monoisotopic (exact) mass is 519 g/mol. The molecule has 2 heterocycles. The van der Waals surface area contributed by atoms with Crippen LogP contribution in [0.25, 0.3) is 10.9 Å². The highest BCUT2D eigenvalue weighted by atomic mass is 35.5. The molecule has 0 fully saturated rings. The Morgan fingerprint density at radius 2 is 1.84 bits per heavy atom. The van der Waals surface area contributed by atoms with E-state index in [9.17, 15) is 5.11 Å². The maximum atomic E-state index is 9.66. The number of nitrogens with zero attached hydrogens (tertiary/aromatic N) is 4. The highest BCUT2D eigenvalue weighted by Gasteiger charge is 2.14. The number of aromatic nitrogens is 4. The van der Waals surface area contributed by atoms with Crippen molar-refractivity contribution in [2.24, 2.45) is 0 Å². The Hall–Kier alpha value is -4.41. The van der Waals surface area contributed by atoms with Gasteiger partial charge in [0.05, 0.1) is 24.3 Å². The predicted molar refractivity (Wildman–Crippen MR) is 136 cm³/mol. The first-order chi connectivity index (χ1) is 18.1. The number of anilines is 2. The van der Waals surface area contributed by atoms with E-state index in [-0.39, 0.29) is 24.0 Å². The highest BCUT2D eigenvalue weighted by molar-refractivity contribution is 6.32. The van der Waals surface area contributed by atoms with Crippen LogP contribution in [-0.4, -0.2) is 32.3 Å². The number of methoxy groups -OCH3 is 1. The van der Waals surface area contributed by atoms with Crippen LogP contribution in [0.5, 0.6) is 17.2 Å². The molecule has 0 saturated heterocycles. The molecular formula is C26H22ClN5O5. The first-order valence-corrected chi connectivity index (χ1v) is 11.6. The molecule has 3 aromatic carbocycles. The minimum atomic E-state index is -0.00310. The lowest BCUT2D eigenvalue weighted by Gasteiger charge is -2.13. The molecule has 37 heavy (non-hydrogen) atoms. The van der Waals surface area contributed by atoms with Gasteiger partial charge in [-0.05, 0) is 29.8 Å². The third-order valence-electron chi connectivity index (χ3n) is 5.34. The van der Waals surface area contributed by atoms with E-state index >= 15 is 0 Å². The third-order valence-corrected chi connectivity index (χ3v) is 5.64. The van der Waals surface area contributed by atoms with Crippen molar-refractivity contribution in [3.05, 3.63) is 89.3 Å². The Kier molecular flexibility index (Phi) is 7.29. The summed E-state index contributed by atoms with van der Waals surface area (Å²) >= 11 is 6.02. The lowest BCUT2D eigenvalue weighted by Crippen LogP contribution is -2.01. The normalized spacial score (nSPS) is 11.0. The summed E-state index contributed by atoms with van der Waals surface area (Å²) in [6, 6.07) is 18.1. The van der Waals surface area contributed by atoms with E-state index in [0.717, 1.165) is 5.56 Å². The number of rotatable bonds is 10. The Balaban J connectivity index is 1.26. The number of benzene rings is 3. The maximum absolute atomic E-state index is 9.66. The topological polar surface area (TPSA) is 125 Å². The van der Waals surface area contributed by atoms with Crippen LogP contribution in [0.4, 0.5) is 11.5 Å². The summed E-state index contributed by atoms with van der Waals surface area (Å²) < 4.78 is 22.3. The van der Waals surface area contributed by atoms with E-state index in [4.69, 9.17) is 30.3 Å². The van der Waals surface area contributed by atoms with Crippen molar-refractivity contribution in [1.82, 2.24) is 20.1 Å².